The molecule has 6 nitrogen and oxygen atoms in total. The predicted molar refractivity (Wildman–Crippen MR) is 126 cm³/mol. The van der Waals surface area contributed by atoms with E-state index in [1.165, 1.54) is 4.57 Å². The number of halogens is 2. The minimum atomic E-state index is -0.321. The van der Waals surface area contributed by atoms with Gasteiger partial charge in [-0.05, 0) is 55.2 Å². The molecule has 1 saturated heterocycles. The molecule has 2 aromatic heterocycles. The molecule has 1 aromatic carbocycles. The zero-order valence-corrected chi connectivity index (χ0v) is 19.1. The second-order valence-corrected chi connectivity index (χ2v) is 8.95. The van der Waals surface area contributed by atoms with Crippen LogP contribution in [0.3, 0.4) is 0 Å². The van der Waals surface area contributed by atoms with Crippen molar-refractivity contribution in [3.8, 4) is 6.07 Å². The Morgan fingerprint density at radius 2 is 2.03 bits per heavy atom. The fourth-order valence-corrected chi connectivity index (χ4v) is 4.70. The maximum absolute atomic E-state index is 12.8. The van der Waals surface area contributed by atoms with E-state index in [1.54, 1.807) is 19.2 Å². The van der Waals surface area contributed by atoms with E-state index in [9.17, 15) is 10.1 Å². The van der Waals surface area contributed by atoms with Gasteiger partial charge in [0.15, 0.2) is 0 Å². The van der Waals surface area contributed by atoms with E-state index >= 15 is 0 Å². The van der Waals surface area contributed by atoms with E-state index < -0.39 is 0 Å². The lowest BCUT2D eigenvalue weighted by atomic mass is 9.92. The van der Waals surface area contributed by atoms with Crippen molar-refractivity contribution in [3.63, 3.8) is 0 Å². The normalized spacial score (nSPS) is 18.8. The fraction of sp³-hybridized carbons (Fsp3) is 0.348. The third-order valence-corrected chi connectivity index (χ3v) is 6.49. The van der Waals surface area contributed by atoms with E-state index in [4.69, 9.17) is 23.2 Å². The Labute approximate surface area is 191 Å². The van der Waals surface area contributed by atoms with Gasteiger partial charge in [0, 0.05) is 36.9 Å². The topological polar surface area (TPSA) is 74.0 Å². The molecule has 4 rings (SSSR count). The summed E-state index contributed by atoms with van der Waals surface area (Å²) in [6, 6.07) is 11.6. The number of pyridine rings is 2. The molecule has 8 heteroatoms. The molecule has 0 amide bonds. The quantitative estimate of drug-likeness (QED) is 0.576. The van der Waals surface area contributed by atoms with Crippen molar-refractivity contribution in [1.82, 2.24) is 9.55 Å². The van der Waals surface area contributed by atoms with Gasteiger partial charge in [0.05, 0.1) is 11.2 Å². The minimum Gasteiger partial charge on any atom is -0.382 e. The smallest absolute Gasteiger partial charge is 0.270 e. The van der Waals surface area contributed by atoms with Crippen LogP contribution in [0.2, 0.25) is 10.2 Å². The van der Waals surface area contributed by atoms with Crippen molar-refractivity contribution in [3.05, 3.63) is 62.0 Å². The molecule has 3 aromatic rings. The zero-order chi connectivity index (χ0) is 22.3. The van der Waals surface area contributed by atoms with Gasteiger partial charge in [0.2, 0.25) is 0 Å². The maximum Gasteiger partial charge on any atom is 0.270 e. The van der Waals surface area contributed by atoms with Crippen molar-refractivity contribution in [1.29, 1.82) is 5.26 Å². The molecule has 0 radical (unpaired) electrons. The first-order valence-electron chi connectivity index (χ1n) is 10.2. The van der Waals surface area contributed by atoms with Crippen LogP contribution in [0.25, 0.3) is 11.0 Å². The summed E-state index contributed by atoms with van der Waals surface area (Å²) < 4.78 is 1.46. The van der Waals surface area contributed by atoms with Crippen LogP contribution in [-0.2, 0) is 7.05 Å². The highest BCUT2D eigenvalue weighted by Gasteiger charge is 2.30. The minimum absolute atomic E-state index is 0.108. The number of rotatable bonds is 3. The van der Waals surface area contributed by atoms with E-state index in [1.807, 2.05) is 25.1 Å². The highest BCUT2D eigenvalue weighted by atomic mass is 35.5. The highest BCUT2D eigenvalue weighted by molar-refractivity contribution is 6.30. The molecule has 1 N–H and O–H groups in total. The number of aryl methyl sites for hydroxylation is 2. The van der Waals surface area contributed by atoms with Crippen LogP contribution in [-0.4, -0.2) is 28.7 Å². The molecule has 3 heterocycles. The van der Waals surface area contributed by atoms with Crippen LogP contribution in [0.15, 0.2) is 35.1 Å². The SMILES string of the molecule is Cc1cc(Cl)ccc1N[C@H]1CCN(c2c(C#N)c(=O)n(C)c3ccc(Cl)nc23)C[C@@H]1C. The Balaban J connectivity index is 1.68. The van der Waals surface area contributed by atoms with E-state index in [0.717, 1.165) is 22.7 Å². The average molecular weight is 456 g/mol. The number of nitrogens with zero attached hydrogens (tertiary/aromatic N) is 4. The number of fused-ring (bicyclic) bond motifs is 1. The van der Waals surface area contributed by atoms with Crippen LogP contribution in [0.5, 0.6) is 0 Å². The van der Waals surface area contributed by atoms with Gasteiger partial charge in [-0.3, -0.25) is 4.79 Å². The second kappa shape index (κ2) is 8.41. The highest BCUT2D eigenvalue weighted by Crippen LogP contribution is 2.33. The molecule has 2 atom stereocenters. The summed E-state index contributed by atoms with van der Waals surface area (Å²) in [7, 11) is 1.65. The molecule has 0 saturated carbocycles. The molecule has 0 unspecified atom stereocenters. The zero-order valence-electron chi connectivity index (χ0n) is 17.6. The molecular weight excluding hydrogens is 433 g/mol. The molecule has 0 bridgehead atoms. The lowest BCUT2D eigenvalue weighted by Gasteiger charge is -2.39. The van der Waals surface area contributed by atoms with Crippen LogP contribution in [0, 0.1) is 24.2 Å². The predicted octanol–water partition coefficient (Wildman–Crippen LogP) is 4.75. The Morgan fingerprint density at radius 3 is 2.71 bits per heavy atom. The summed E-state index contributed by atoms with van der Waals surface area (Å²) in [5.41, 5.74) is 3.78. The molecule has 160 valence electrons. The molecule has 1 aliphatic heterocycles. The summed E-state index contributed by atoms with van der Waals surface area (Å²) in [5, 5.41) is 14.5. The fourth-order valence-electron chi connectivity index (χ4n) is 4.33. The van der Waals surface area contributed by atoms with Crippen LogP contribution >= 0.6 is 23.2 Å². The Kier molecular flexibility index (Phi) is 5.83. The Bertz CT molecular complexity index is 1260. The first-order chi connectivity index (χ1) is 14.8. The van der Waals surface area contributed by atoms with E-state index in [2.05, 4.69) is 28.2 Å². The molecule has 1 aliphatic rings. The van der Waals surface area contributed by atoms with Crippen molar-refractivity contribution in [2.75, 3.05) is 23.3 Å². The van der Waals surface area contributed by atoms with Crippen LogP contribution in [0.1, 0.15) is 24.5 Å². The first-order valence-corrected chi connectivity index (χ1v) is 10.9. The lowest BCUT2D eigenvalue weighted by Crippen LogP contribution is -2.46. The number of hydrogen-bond acceptors (Lipinski definition) is 5. The van der Waals surface area contributed by atoms with Gasteiger partial charge < -0.3 is 14.8 Å². The van der Waals surface area contributed by atoms with Gasteiger partial charge in [-0.2, -0.15) is 5.26 Å². The average Bonchev–Trinajstić information content (AvgIpc) is 2.73. The number of hydrogen-bond donors (Lipinski definition) is 1. The molecular formula is C23H23Cl2N5O. The second-order valence-electron chi connectivity index (χ2n) is 8.12. The van der Waals surface area contributed by atoms with Crippen molar-refractivity contribution >= 4 is 45.6 Å². The third-order valence-electron chi connectivity index (χ3n) is 6.04. The molecule has 1 fully saturated rings. The molecule has 0 aliphatic carbocycles. The number of aromatic nitrogens is 2. The number of nitrogens with one attached hydrogen (secondary N) is 1. The van der Waals surface area contributed by atoms with Crippen LogP contribution in [0.4, 0.5) is 11.4 Å². The number of benzene rings is 1. The molecule has 0 spiro atoms. The summed E-state index contributed by atoms with van der Waals surface area (Å²) >= 11 is 12.2. The van der Waals surface area contributed by atoms with Gasteiger partial charge in [0.1, 0.15) is 22.3 Å². The summed E-state index contributed by atoms with van der Waals surface area (Å²) in [6.07, 6.45) is 0.853. The number of piperidine rings is 1. The maximum atomic E-state index is 12.8. The van der Waals surface area contributed by atoms with Crippen molar-refractivity contribution < 1.29 is 0 Å². The van der Waals surface area contributed by atoms with Crippen molar-refractivity contribution in [2.24, 2.45) is 13.0 Å². The standard InChI is InChI=1S/C23H23Cl2N5O/c1-13-10-15(24)4-5-17(13)27-18-8-9-30(12-14(18)2)22-16(11-26)23(31)29(3)19-6-7-20(25)28-21(19)22/h4-7,10,14,18,27H,8-9,12H2,1-3H3/t14-,18-/m0/s1. The summed E-state index contributed by atoms with van der Waals surface area (Å²) in [5.74, 6) is 0.272. The van der Waals surface area contributed by atoms with Gasteiger partial charge in [-0.25, -0.2) is 4.98 Å². The molecule has 31 heavy (non-hydrogen) atoms. The first kappa shape index (κ1) is 21.5. The lowest BCUT2D eigenvalue weighted by molar-refractivity contribution is 0.404. The number of anilines is 2. The van der Waals surface area contributed by atoms with E-state index in [-0.39, 0.29) is 23.1 Å². The Hall–Kier alpha value is -2.75. The Morgan fingerprint density at radius 1 is 1.26 bits per heavy atom. The van der Waals surface area contributed by atoms with Crippen molar-refractivity contribution in [2.45, 2.75) is 26.3 Å². The summed E-state index contributed by atoms with van der Waals surface area (Å²) in [6.45, 7) is 5.59. The van der Waals surface area contributed by atoms with Gasteiger partial charge in [-0.15, -0.1) is 0 Å². The van der Waals surface area contributed by atoms with Gasteiger partial charge >= 0.3 is 0 Å². The largest absolute Gasteiger partial charge is 0.382 e. The van der Waals surface area contributed by atoms with Crippen LogP contribution < -0.4 is 15.8 Å². The monoisotopic (exact) mass is 455 g/mol. The third kappa shape index (κ3) is 3.96. The van der Waals surface area contributed by atoms with Gasteiger partial charge in [0.25, 0.3) is 5.56 Å². The number of nitriles is 1. The van der Waals surface area contributed by atoms with Gasteiger partial charge in [-0.1, -0.05) is 30.1 Å². The van der Waals surface area contributed by atoms with E-state index in [0.29, 0.717) is 35.0 Å². The summed E-state index contributed by atoms with van der Waals surface area (Å²) in [4.78, 5) is 19.4.